The first-order valence-corrected chi connectivity index (χ1v) is 7.10. The second-order valence-corrected chi connectivity index (χ2v) is 5.32. The summed E-state index contributed by atoms with van der Waals surface area (Å²) in [5.74, 6) is -3.47. The van der Waals surface area contributed by atoms with E-state index >= 15 is 0 Å². The number of hydrogen-bond donors (Lipinski definition) is 3. The molecule has 23 heavy (non-hydrogen) atoms. The Labute approximate surface area is 140 Å². The van der Waals surface area contributed by atoms with Crippen molar-refractivity contribution in [3.63, 3.8) is 0 Å². The lowest BCUT2D eigenvalue weighted by Gasteiger charge is -2.17. The Kier molecular flexibility index (Phi) is 5.23. The lowest BCUT2D eigenvalue weighted by atomic mass is 10.1. The summed E-state index contributed by atoms with van der Waals surface area (Å²) in [7, 11) is 1.35. The summed E-state index contributed by atoms with van der Waals surface area (Å²) >= 11 is 11.5. The predicted molar refractivity (Wildman–Crippen MR) is 81.4 cm³/mol. The summed E-state index contributed by atoms with van der Waals surface area (Å²) in [6, 6.07) is 2.97. The van der Waals surface area contributed by atoms with Crippen molar-refractivity contribution in [1.82, 2.24) is 15.6 Å². The number of rotatable bonds is 4. The predicted octanol–water partition coefficient (Wildman–Crippen LogP) is 2.82. The van der Waals surface area contributed by atoms with E-state index in [1.165, 1.54) is 19.2 Å². The van der Waals surface area contributed by atoms with Crippen LogP contribution in [-0.4, -0.2) is 23.8 Å². The Balaban J connectivity index is 2.30. The first kappa shape index (κ1) is 17.2. The molecule has 1 unspecified atom stereocenters. The van der Waals surface area contributed by atoms with Gasteiger partial charge in [-0.25, -0.2) is 8.78 Å². The molecule has 5 nitrogen and oxygen atoms in total. The van der Waals surface area contributed by atoms with Crippen molar-refractivity contribution in [3.05, 3.63) is 57.3 Å². The number of halogens is 4. The quantitative estimate of drug-likeness (QED) is 0.783. The molecule has 0 spiro atoms. The van der Waals surface area contributed by atoms with E-state index in [1.54, 1.807) is 0 Å². The van der Waals surface area contributed by atoms with E-state index in [9.17, 15) is 18.4 Å². The van der Waals surface area contributed by atoms with Gasteiger partial charge in [-0.3, -0.25) is 9.59 Å². The van der Waals surface area contributed by atoms with Crippen LogP contribution in [0, 0.1) is 11.6 Å². The highest BCUT2D eigenvalue weighted by Crippen LogP contribution is 2.23. The van der Waals surface area contributed by atoms with Crippen molar-refractivity contribution in [2.75, 3.05) is 7.05 Å². The van der Waals surface area contributed by atoms with E-state index in [1.807, 2.05) is 0 Å². The Bertz CT molecular complexity index is 745. The molecule has 0 bridgehead atoms. The fourth-order valence-electron chi connectivity index (χ4n) is 1.87. The highest BCUT2D eigenvalue weighted by atomic mass is 35.5. The molecule has 1 aromatic heterocycles. The van der Waals surface area contributed by atoms with Gasteiger partial charge in [0.25, 0.3) is 5.91 Å². The Morgan fingerprint density at radius 2 is 1.87 bits per heavy atom. The minimum absolute atomic E-state index is 0.0245. The normalized spacial score (nSPS) is 11.9. The van der Waals surface area contributed by atoms with Gasteiger partial charge in [0.2, 0.25) is 5.91 Å². The van der Waals surface area contributed by atoms with Crippen molar-refractivity contribution >= 4 is 35.0 Å². The van der Waals surface area contributed by atoms with Gasteiger partial charge in [0.05, 0.1) is 5.02 Å². The van der Waals surface area contributed by atoms with E-state index in [-0.39, 0.29) is 21.4 Å². The number of hydrogen-bond acceptors (Lipinski definition) is 2. The first-order chi connectivity index (χ1) is 10.8. The van der Waals surface area contributed by atoms with Gasteiger partial charge in [0.15, 0.2) is 11.6 Å². The minimum Gasteiger partial charge on any atom is -0.357 e. The van der Waals surface area contributed by atoms with Crippen molar-refractivity contribution < 1.29 is 18.4 Å². The second-order valence-electron chi connectivity index (χ2n) is 4.54. The number of H-pyrrole nitrogens is 1. The fraction of sp³-hybridized carbons (Fsp3) is 0.143. The molecule has 1 atom stereocenters. The summed E-state index contributed by atoms with van der Waals surface area (Å²) in [4.78, 5) is 26.6. The third-order valence-corrected chi connectivity index (χ3v) is 3.72. The van der Waals surface area contributed by atoms with Gasteiger partial charge in [-0.2, -0.15) is 0 Å². The Morgan fingerprint density at radius 1 is 1.17 bits per heavy atom. The molecule has 2 aromatic rings. The zero-order chi connectivity index (χ0) is 17.1. The second kappa shape index (κ2) is 6.97. The number of aromatic nitrogens is 1. The maximum Gasteiger partial charge on any atom is 0.268 e. The van der Waals surface area contributed by atoms with Gasteiger partial charge in [0, 0.05) is 7.05 Å². The highest BCUT2D eigenvalue weighted by molar-refractivity contribution is 6.41. The van der Waals surface area contributed by atoms with Crippen LogP contribution in [-0.2, 0) is 4.79 Å². The third kappa shape index (κ3) is 3.80. The first-order valence-electron chi connectivity index (χ1n) is 6.35. The maximum absolute atomic E-state index is 13.4. The third-order valence-electron chi connectivity index (χ3n) is 3.03. The standard InChI is InChI=1S/C14H11Cl2F2N3O2/c1-19-14(23)11(6-2-3-8(17)9(18)4-6)21-13(22)10-5-7(15)12(16)20-10/h2-5,11,20H,1H3,(H,19,23)(H,21,22). The molecule has 0 aliphatic carbocycles. The number of aromatic amines is 1. The summed E-state index contributed by atoms with van der Waals surface area (Å²) in [6.45, 7) is 0. The highest BCUT2D eigenvalue weighted by Gasteiger charge is 2.24. The Hall–Kier alpha value is -2.12. The van der Waals surface area contributed by atoms with Crippen LogP contribution in [0.3, 0.4) is 0 Å². The van der Waals surface area contributed by atoms with Crippen LogP contribution in [0.4, 0.5) is 8.78 Å². The lowest BCUT2D eigenvalue weighted by Crippen LogP contribution is -2.39. The molecule has 1 aromatic carbocycles. The summed E-state index contributed by atoms with van der Waals surface area (Å²) in [5, 5.41) is 4.95. The van der Waals surface area contributed by atoms with Gasteiger partial charge in [0.1, 0.15) is 16.9 Å². The van der Waals surface area contributed by atoms with E-state index in [0.717, 1.165) is 12.1 Å². The molecule has 2 amide bonds. The number of carbonyl (C=O) groups is 2. The van der Waals surface area contributed by atoms with E-state index in [2.05, 4.69) is 15.6 Å². The number of nitrogens with one attached hydrogen (secondary N) is 3. The maximum atomic E-state index is 13.4. The van der Waals surface area contributed by atoms with Crippen LogP contribution in [0.1, 0.15) is 22.1 Å². The molecule has 0 saturated heterocycles. The van der Waals surface area contributed by atoms with Gasteiger partial charge in [-0.1, -0.05) is 29.3 Å². The smallest absolute Gasteiger partial charge is 0.268 e. The molecule has 0 aliphatic heterocycles. The van der Waals surface area contributed by atoms with Gasteiger partial charge < -0.3 is 15.6 Å². The molecule has 2 rings (SSSR count). The van der Waals surface area contributed by atoms with Crippen LogP contribution in [0.2, 0.25) is 10.2 Å². The van der Waals surface area contributed by atoms with Crippen molar-refractivity contribution in [1.29, 1.82) is 0 Å². The monoisotopic (exact) mass is 361 g/mol. The molecular weight excluding hydrogens is 351 g/mol. The zero-order valence-electron chi connectivity index (χ0n) is 11.7. The number of carbonyl (C=O) groups excluding carboxylic acids is 2. The van der Waals surface area contributed by atoms with Gasteiger partial charge >= 0.3 is 0 Å². The molecule has 0 fully saturated rings. The molecule has 0 radical (unpaired) electrons. The van der Waals surface area contributed by atoms with Gasteiger partial charge in [-0.05, 0) is 23.8 Å². The molecule has 0 aliphatic rings. The summed E-state index contributed by atoms with van der Waals surface area (Å²) < 4.78 is 26.4. The van der Waals surface area contributed by atoms with E-state index in [0.29, 0.717) is 0 Å². The average Bonchev–Trinajstić information content (AvgIpc) is 2.86. The fourth-order valence-corrected chi connectivity index (χ4v) is 2.18. The van der Waals surface area contributed by atoms with Crippen LogP contribution >= 0.6 is 23.2 Å². The zero-order valence-corrected chi connectivity index (χ0v) is 13.2. The van der Waals surface area contributed by atoms with Crippen LogP contribution in [0.25, 0.3) is 0 Å². The summed E-state index contributed by atoms with van der Waals surface area (Å²) in [6.07, 6.45) is 0. The average molecular weight is 362 g/mol. The topological polar surface area (TPSA) is 74.0 Å². The van der Waals surface area contributed by atoms with E-state index in [4.69, 9.17) is 23.2 Å². The summed E-state index contributed by atoms with van der Waals surface area (Å²) in [5.41, 5.74) is 0.108. The van der Waals surface area contributed by atoms with Gasteiger partial charge in [-0.15, -0.1) is 0 Å². The number of likely N-dealkylation sites (N-methyl/N-ethyl adjacent to an activating group) is 1. The number of benzene rings is 1. The molecular formula is C14H11Cl2F2N3O2. The Morgan fingerprint density at radius 3 is 2.39 bits per heavy atom. The molecule has 1 heterocycles. The molecule has 122 valence electrons. The molecule has 9 heteroatoms. The lowest BCUT2D eigenvalue weighted by molar-refractivity contribution is -0.122. The van der Waals surface area contributed by atoms with Crippen molar-refractivity contribution in [2.45, 2.75) is 6.04 Å². The molecule has 0 saturated carbocycles. The van der Waals surface area contributed by atoms with Crippen molar-refractivity contribution in [3.8, 4) is 0 Å². The van der Waals surface area contributed by atoms with E-state index < -0.39 is 29.5 Å². The number of amides is 2. The van der Waals surface area contributed by atoms with Crippen LogP contribution < -0.4 is 10.6 Å². The van der Waals surface area contributed by atoms with Crippen molar-refractivity contribution in [2.24, 2.45) is 0 Å². The largest absolute Gasteiger partial charge is 0.357 e. The molecule has 3 N–H and O–H groups in total. The van der Waals surface area contributed by atoms with Crippen LogP contribution in [0.15, 0.2) is 24.3 Å². The van der Waals surface area contributed by atoms with Crippen LogP contribution in [0.5, 0.6) is 0 Å². The SMILES string of the molecule is CNC(=O)C(NC(=O)c1cc(Cl)c(Cl)[nH]1)c1ccc(F)c(F)c1. The minimum atomic E-state index is -1.22.